The molecule has 0 amide bonds. The first-order valence-electron chi connectivity index (χ1n) is 5.73. The van der Waals surface area contributed by atoms with E-state index in [-0.39, 0.29) is 6.42 Å². The number of amidine groups is 1. The minimum absolute atomic E-state index is 0.253. The summed E-state index contributed by atoms with van der Waals surface area (Å²) in [5.74, 6) is 0.543. The van der Waals surface area contributed by atoms with Crippen LogP contribution in [0.15, 0.2) is 24.4 Å². The molecule has 0 unspecified atom stereocenters. The third kappa shape index (κ3) is 3.49. The highest BCUT2D eigenvalue weighted by Crippen LogP contribution is 2.20. The topological polar surface area (TPSA) is 89.7 Å². The highest BCUT2D eigenvalue weighted by Gasteiger charge is 2.10. The summed E-state index contributed by atoms with van der Waals surface area (Å²) in [7, 11) is 0. The van der Waals surface area contributed by atoms with Crippen LogP contribution in [-0.4, -0.2) is 20.8 Å². The van der Waals surface area contributed by atoms with Gasteiger partial charge < -0.3 is 0 Å². The van der Waals surface area contributed by atoms with Crippen LogP contribution in [0.2, 0.25) is 0 Å². The Labute approximate surface area is 125 Å². The number of hydrogen-bond donors (Lipinski definition) is 1. The van der Waals surface area contributed by atoms with Crippen LogP contribution in [0.4, 0.5) is 0 Å². The standard InChI is InChI=1S/C13H10ClN5S/c14-8-18-13(16)20-7-12-10-2-1-5-17-11(10)6-9(19-12)3-4-15/h1-2,5-6,8,16H,3,7H2/p+1. The van der Waals surface area contributed by atoms with E-state index >= 15 is 0 Å². The summed E-state index contributed by atoms with van der Waals surface area (Å²) in [6, 6.07) is 7.72. The largest absolute Gasteiger partial charge is 0.403 e. The van der Waals surface area contributed by atoms with Gasteiger partial charge >= 0.3 is 5.17 Å². The fourth-order valence-electron chi connectivity index (χ4n) is 1.71. The molecule has 20 heavy (non-hydrogen) atoms. The second-order valence-electron chi connectivity index (χ2n) is 3.82. The van der Waals surface area contributed by atoms with Crippen molar-refractivity contribution in [3.05, 3.63) is 35.8 Å². The van der Waals surface area contributed by atoms with Gasteiger partial charge in [0.15, 0.2) is 0 Å². The molecule has 2 N–H and O–H groups in total. The lowest BCUT2D eigenvalue weighted by Crippen LogP contribution is -2.10. The van der Waals surface area contributed by atoms with Gasteiger partial charge in [0.1, 0.15) is 0 Å². The van der Waals surface area contributed by atoms with Gasteiger partial charge in [-0.25, -0.2) is 0 Å². The number of fused-ring (bicyclic) bond motifs is 1. The van der Waals surface area contributed by atoms with E-state index in [2.05, 4.69) is 20.7 Å². The monoisotopic (exact) mass is 304 g/mol. The first-order chi connectivity index (χ1) is 9.74. The predicted molar refractivity (Wildman–Crippen MR) is 83.4 cm³/mol. The summed E-state index contributed by atoms with van der Waals surface area (Å²) >= 11 is 6.71. The maximum atomic E-state index is 8.80. The van der Waals surface area contributed by atoms with Crippen LogP contribution in [-0.2, 0) is 12.2 Å². The Morgan fingerprint density at radius 2 is 2.45 bits per heavy atom. The van der Waals surface area contributed by atoms with Crippen molar-refractivity contribution in [2.24, 2.45) is 5.73 Å². The maximum absolute atomic E-state index is 8.80. The highest BCUT2D eigenvalue weighted by molar-refractivity contribution is 8.13. The quantitative estimate of drug-likeness (QED) is 0.528. The number of thioether (sulfide) groups is 1. The van der Waals surface area contributed by atoms with Crippen LogP contribution >= 0.6 is 23.4 Å². The van der Waals surface area contributed by atoms with Crippen LogP contribution in [0.3, 0.4) is 0 Å². The molecule has 2 rings (SSSR count). The van der Waals surface area contributed by atoms with Crippen LogP contribution in [0.1, 0.15) is 11.4 Å². The number of nitrogens with zero attached hydrogens (tertiary/aromatic N) is 4. The molecule has 0 fully saturated rings. The molecule has 2 aromatic rings. The lowest BCUT2D eigenvalue weighted by Gasteiger charge is -2.05. The molecule has 0 saturated carbocycles. The number of nitrogens with two attached hydrogens (primary N) is 1. The molecule has 5 nitrogen and oxygen atoms in total. The number of halogens is 1. The molecule has 0 saturated heterocycles. The van der Waals surface area contributed by atoms with E-state index in [0.717, 1.165) is 22.3 Å². The molecule has 0 atom stereocenters. The van der Waals surface area contributed by atoms with Crippen molar-refractivity contribution >= 4 is 45.1 Å². The average molecular weight is 305 g/mol. The van der Waals surface area contributed by atoms with Gasteiger partial charge in [0.25, 0.3) is 5.67 Å². The number of aromatic nitrogens is 2. The first kappa shape index (κ1) is 14.4. The van der Waals surface area contributed by atoms with Crippen molar-refractivity contribution in [3.63, 3.8) is 0 Å². The van der Waals surface area contributed by atoms with Gasteiger partial charge in [0.2, 0.25) is 0 Å². The van der Waals surface area contributed by atoms with Gasteiger partial charge in [-0.3, -0.25) is 15.7 Å². The van der Waals surface area contributed by atoms with Gasteiger partial charge in [0, 0.05) is 17.3 Å². The Bertz CT molecular complexity index is 731. The van der Waals surface area contributed by atoms with E-state index in [0.29, 0.717) is 16.6 Å². The molecule has 2 heterocycles. The molecule has 0 bridgehead atoms. The highest BCUT2D eigenvalue weighted by atomic mass is 35.5. The van der Waals surface area contributed by atoms with Gasteiger partial charge in [-0.15, -0.1) is 0 Å². The Morgan fingerprint density at radius 1 is 1.60 bits per heavy atom. The molecule has 2 aromatic heterocycles. The second-order valence-corrected chi connectivity index (χ2v) is 5.01. The van der Waals surface area contributed by atoms with Gasteiger partial charge in [0.05, 0.1) is 29.4 Å². The van der Waals surface area contributed by atoms with Crippen molar-refractivity contribution in [2.45, 2.75) is 12.2 Å². The molecule has 0 aliphatic rings. The van der Waals surface area contributed by atoms with Crippen molar-refractivity contribution in [1.82, 2.24) is 14.6 Å². The van der Waals surface area contributed by atoms with Crippen molar-refractivity contribution in [1.29, 1.82) is 5.26 Å². The summed E-state index contributed by atoms with van der Waals surface area (Å²) in [5, 5.41) is 10.1. The Morgan fingerprint density at radius 3 is 3.20 bits per heavy atom. The number of rotatable bonds is 3. The maximum Gasteiger partial charge on any atom is 0.403 e. The molecule has 0 aliphatic carbocycles. The molecular weight excluding hydrogens is 294 g/mol. The SMILES string of the molecule is N#CCc1cc2ncccc2c(CSC(N)=[N+]=CCl)n1. The number of nitriles is 1. The van der Waals surface area contributed by atoms with E-state index in [4.69, 9.17) is 22.6 Å². The van der Waals surface area contributed by atoms with E-state index in [1.54, 1.807) is 6.20 Å². The van der Waals surface area contributed by atoms with Crippen molar-refractivity contribution < 1.29 is 0 Å². The zero-order chi connectivity index (χ0) is 14.4. The lowest BCUT2D eigenvalue weighted by molar-refractivity contribution is 1.07. The smallest absolute Gasteiger partial charge is 0.267 e. The van der Waals surface area contributed by atoms with Crippen LogP contribution < -0.4 is 10.4 Å². The zero-order valence-electron chi connectivity index (χ0n) is 10.5. The predicted octanol–water partition coefficient (Wildman–Crippen LogP) is 1.58. The van der Waals surface area contributed by atoms with Gasteiger partial charge in [-0.05, 0) is 41.6 Å². The fourth-order valence-corrected chi connectivity index (χ4v) is 2.50. The summed E-state index contributed by atoms with van der Waals surface area (Å²) in [5.41, 5.74) is 9.16. The van der Waals surface area contributed by atoms with E-state index in [9.17, 15) is 0 Å². The van der Waals surface area contributed by atoms with Gasteiger partial charge in [-0.2, -0.15) is 9.93 Å². The second kappa shape index (κ2) is 6.92. The number of hydrogen-bond acceptors (Lipinski definition) is 4. The summed E-state index contributed by atoms with van der Waals surface area (Å²) in [6.07, 6.45) is 1.97. The van der Waals surface area contributed by atoms with Crippen molar-refractivity contribution in [2.75, 3.05) is 0 Å². The minimum Gasteiger partial charge on any atom is -0.267 e. The number of pyridine rings is 2. The summed E-state index contributed by atoms with van der Waals surface area (Å²) < 4.78 is 3.78. The molecule has 0 aromatic carbocycles. The van der Waals surface area contributed by atoms with Crippen molar-refractivity contribution in [3.8, 4) is 6.07 Å². The third-order valence-electron chi connectivity index (χ3n) is 2.52. The molecule has 0 radical (unpaired) electrons. The van der Waals surface area contributed by atoms with Crippen LogP contribution in [0.5, 0.6) is 0 Å². The summed E-state index contributed by atoms with van der Waals surface area (Å²) in [4.78, 5) is 8.79. The fraction of sp³-hybridized carbons (Fsp3) is 0.154. The minimum atomic E-state index is 0.253. The van der Waals surface area contributed by atoms with E-state index in [1.807, 2.05) is 18.2 Å². The normalized spacial score (nSPS) is 9.80. The molecular formula is C13H11ClN5S+. The van der Waals surface area contributed by atoms with E-state index < -0.39 is 0 Å². The Balaban J connectivity index is 2.39. The molecule has 100 valence electrons. The Hall–Kier alpha value is -2.06. The molecule has 0 aliphatic heterocycles. The molecule has 0 spiro atoms. The van der Waals surface area contributed by atoms with Crippen LogP contribution in [0.25, 0.3) is 10.9 Å². The van der Waals surface area contributed by atoms with Gasteiger partial charge in [-0.1, -0.05) is 0 Å². The van der Waals surface area contributed by atoms with E-state index in [1.165, 1.54) is 11.8 Å². The Kier molecular flexibility index (Phi) is 4.97. The zero-order valence-corrected chi connectivity index (χ0v) is 12.0. The van der Waals surface area contributed by atoms with Crippen LogP contribution in [0, 0.1) is 11.3 Å². The summed E-state index contributed by atoms with van der Waals surface area (Å²) in [6.45, 7) is 0. The first-order valence-corrected chi connectivity index (χ1v) is 7.15. The molecule has 7 heteroatoms. The third-order valence-corrected chi connectivity index (χ3v) is 3.44. The average Bonchev–Trinajstić information content (AvgIpc) is 2.45. The lowest BCUT2D eigenvalue weighted by atomic mass is 10.1.